The van der Waals surface area contributed by atoms with E-state index in [-0.39, 0.29) is 12.1 Å². The molecule has 1 aliphatic rings. The summed E-state index contributed by atoms with van der Waals surface area (Å²) >= 11 is 0. The summed E-state index contributed by atoms with van der Waals surface area (Å²) in [7, 11) is 1.86. The van der Waals surface area contributed by atoms with E-state index in [1.54, 1.807) is 24.1 Å². The minimum absolute atomic E-state index is 0.0643. The number of fused-ring (bicyclic) bond motifs is 1. The van der Waals surface area contributed by atoms with Gasteiger partial charge in [0, 0.05) is 26.2 Å². The van der Waals surface area contributed by atoms with E-state index in [0.29, 0.717) is 13.2 Å². The van der Waals surface area contributed by atoms with Crippen LogP contribution in [0.15, 0.2) is 12.5 Å². The number of amides is 1. The average molecular weight is 304 g/mol. The Bertz CT molecular complexity index is 670. The second-order valence-corrected chi connectivity index (χ2v) is 5.35. The molecular formula is C14H20N6O2. The minimum atomic E-state index is -0.358. The molecular weight excluding hydrogens is 284 g/mol. The number of carbonyl (C=O) groups excluding carboxylic acids is 1. The lowest BCUT2D eigenvalue weighted by molar-refractivity contribution is 0.146. The number of aryl methyl sites for hydroxylation is 1. The van der Waals surface area contributed by atoms with E-state index in [1.807, 2.05) is 7.05 Å². The summed E-state index contributed by atoms with van der Waals surface area (Å²) in [6, 6.07) is 0.0643. The number of piperidine rings is 1. The van der Waals surface area contributed by atoms with Crippen molar-refractivity contribution in [2.24, 2.45) is 7.05 Å². The molecule has 1 saturated heterocycles. The molecule has 8 heteroatoms. The highest BCUT2D eigenvalue weighted by Gasteiger charge is 2.24. The molecule has 0 saturated carbocycles. The van der Waals surface area contributed by atoms with Crippen LogP contribution in [0, 0.1) is 0 Å². The number of anilines is 1. The van der Waals surface area contributed by atoms with Crippen molar-refractivity contribution in [3.05, 3.63) is 12.5 Å². The molecule has 3 heterocycles. The Kier molecular flexibility index (Phi) is 4.08. The van der Waals surface area contributed by atoms with Crippen LogP contribution in [-0.4, -0.2) is 51.6 Å². The Balaban J connectivity index is 1.77. The van der Waals surface area contributed by atoms with Crippen LogP contribution < -0.4 is 10.2 Å². The van der Waals surface area contributed by atoms with Crippen LogP contribution in [0.5, 0.6) is 0 Å². The molecule has 118 valence electrons. The van der Waals surface area contributed by atoms with Crippen LogP contribution in [0.3, 0.4) is 0 Å². The highest BCUT2D eigenvalue weighted by molar-refractivity contribution is 5.86. The molecule has 0 unspecified atom stereocenters. The number of alkyl carbamates (subject to hydrolysis) is 1. The molecule has 0 aromatic carbocycles. The third kappa shape index (κ3) is 2.81. The lowest BCUT2D eigenvalue weighted by Gasteiger charge is -2.33. The number of hydrogen-bond acceptors (Lipinski definition) is 6. The van der Waals surface area contributed by atoms with Gasteiger partial charge in [0.2, 0.25) is 0 Å². The first-order valence-corrected chi connectivity index (χ1v) is 7.50. The second-order valence-electron chi connectivity index (χ2n) is 5.35. The van der Waals surface area contributed by atoms with Gasteiger partial charge < -0.3 is 15.0 Å². The van der Waals surface area contributed by atoms with E-state index in [0.717, 1.165) is 36.2 Å². The number of carbonyl (C=O) groups is 1. The van der Waals surface area contributed by atoms with Crippen molar-refractivity contribution in [1.82, 2.24) is 25.1 Å². The molecule has 3 rings (SSSR count). The molecule has 2 aromatic rings. The van der Waals surface area contributed by atoms with Gasteiger partial charge in [0.25, 0.3) is 0 Å². The third-order valence-corrected chi connectivity index (χ3v) is 3.83. The lowest BCUT2D eigenvalue weighted by atomic mass is 10.1. The number of rotatable bonds is 3. The maximum atomic E-state index is 11.6. The van der Waals surface area contributed by atoms with Gasteiger partial charge in [-0.2, -0.15) is 5.10 Å². The maximum absolute atomic E-state index is 11.6. The summed E-state index contributed by atoms with van der Waals surface area (Å²) in [5.41, 5.74) is 0.811. The SMILES string of the molecule is CCOC(=O)N[C@@H]1CCCN(c2ncnc3c2cnn3C)C1. The summed E-state index contributed by atoms with van der Waals surface area (Å²) in [6.07, 6.45) is 4.91. The first-order valence-electron chi connectivity index (χ1n) is 7.50. The number of nitrogens with one attached hydrogen (secondary N) is 1. The zero-order chi connectivity index (χ0) is 15.5. The standard InChI is InChI=1S/C14H20N6O2/c1-3-22-14(21)18-10-5-4-6-20(8-10)13-11-7-17-19(2)12(11)15-9-16-13/h7,9-10H,3-6,8H2,1-2H3,(H,18,21)/t10-/m1/s1. The van der Waals surface area contributed by atoms with Crippen molar-refractivity contribution in [3.8, 4) is 0 Å². The van der Waals surface area contributed by atoms with Gasteiger partial charge in [-0.05, 0) is 19.8 Å². The second kappa shape index (κ2) is 6.17. The van der Waals surface area contributed by atoms with E-state index in [2.05, 4.69) is 25.3 Å². The van der Waals surface area contributed by atoms with Gasteiger partial charge in [-0.25, -0.2) is 14.8 Å². The lowest BCUT2D eigenvalue weighted by Crippen LogP contribution is -2.48. The van der Waals surface area contributed by atoms with Crippen molar-refractivity contribution >= 4 is 22.9 Å². The Morgan fingerprint density at radius 1 is 1.50 bits per heavy atom. The number of hydrogen-bond donors (Lipinski definition) is 1. The van der Waals surface area contributed by atoms with E-state index in [1.165, 1.54) is 0 Å². The summed E-state index contributed by atoms with van der Waals surface area (Å²) in [5.74, 6) is 0.869. The molecule has 1 N–H and O–H groups in total. The van der Waals surface area contributed by atoms with Crippen molar-refractivity contribution in [1.29, 1.82) is 0 Å². The fourth-order valence-corrected chi connectivity index (χ4v) is 2.83. The molecule has 0 radical (unpaired) electrons. The molecule has 22 heavy (non-hydrogen) atoms. The number of nitrogens with zero attached hydrogens (tertiary/aromatic N) is 5. The predicted octanol–water partition coefficient (Wildman–Crippen LogP) is 1.08. The Morgan fingerprint density at radius 3 is 3.18 bits per heavy atom. The smallest absolute Gasteiger partial charge is 0.407 e. The molecule has 0 spiro atoms. The van der Waals surface area contributed by atoms with Gasteiger partial charge in [-0.3, -0.25) is 4.68 Å². The van der Waals surface area contributed by atoms with Gasteiger partial charge in [0.1, 0.15) is 12.1 Å². The monoisotopic (exact) mass is 304 g/mol. The van der Waals surface area contributed by atoms with Crippen LogP contribution in [0.25, 0.3) is 11.0 Å². The van der Waals surface area contributed by atoms with E-state index >= 15 is 0 Å². The average Bonchev–Trinajstić information content (AvgIpc) is 2.89. The topological polar surface area (TPSA) is 85.2 Å². The Labute approximate surface area is 128 Å². The van der Waals surface area contributed by atoms with Crippen LogP contribution >= 0.6 is 0 Å². The van der Waals surface area contributed by atoms with E-state index in [4.69, 9.17) is 4.74 Å². The van der Waals surface area contributed by atoms with Crippen LogP contribution in [0.1, 0.15) is 19.8 Å². The fraction of sp³-hybridized carbons (Fsp3) is 0.571. The first-order chi connectivity index (χ1) is 10.7. The molecule has 1 fully saturated rings. The summed E-state index contributed by atoms with van der Waals surface area (Å²) in [6.45, 7) is 3.79. The highest BCUT2D eigenvalue weighted by Crippen LogP contribution is 2.25. The van der Waals surface area contributed by atoms with Crippen LogP contribution in [0.2, 0.25) is 0 Å². The zero-order valence-corrected chi connectivity index (χ0v) is 12.8. The molecule has 0 bridgehead atoms. The normalized spacial score (nSPS) is 18.5. The minimum Gasteiger partial charge on any atom is -0.450 e. The van der Waals surface area contributed by atoms with Gasteiger partial charge in [-0.15, -0.1) is 0 Å². The molecule has 1 aliphatic heterocycles. The van der Waals surface area contributed by atoms with Gasteiger partial charge in [0.05, 0.1) is 18.2 Å². The largest absolute Gasteiger partial charge is 0.450 e. The van der Waals surface area contributed by atoms with Crippen molar-refractivity contribution in [2.45, 2.75) is 25.8 Å². The highest BCUT2D eigenvalue weighted by atomic mass is 16.5. The molecule has 8 nitrogen and oxygen atoms in total. The summed E-state index contributed by atoms with van der Waals surface area (Å²) in [5, 5.41) is 8.08. The van der Waals surface area contributed by atoms with Crippen molar-refractivity contribution in [3.63, 3.8) is 0 Å². The van der Waals surface area contributed by atoms with Crippen LogP contribution in [0.4, 0.5) is 10.6 Å². The number of aromatic nitrogens is 4. The van der Waals surface area contributed by atoms with Gasteiger partial charge in [0.15, 0.2) is 5.65 Å². The fourth-order valence-electron chi connectivity index (χ4n) is 2.83. The van der Waals surface area contributed by atoms with Crippen molar-refractivity contribution < 1.29 is 9.53 Å². The maximum Gasteiger partial charge on any atom is 0.407 e. The summed E-state index contributed by atoms with van der Waals surface area (Å²) in [4.78, 5) is 22.4. The van der Waals surface area contributed by atoms with Gasteiger partial charge in [-0.1, -0.05) is 0 Å². The molecule has 2 aromatic heterocycles. The third-order valence-electron chi connectivity index (χ3n) is 3.83. The van der Waals surface area contributed by atoms with Crippen molar-refractivity contribution in [2.75, 3.05) is 24.6 Å². The Morgan fingerprint density at radius 2 is 2.36 bits per heavy atom. The predicted molar refractivity (Wildman–Crippen MR) is 81.7 cm³/mol. The van der Waals surface area contributed by atoms with Crippen LogP contribution in [-0.2, 0) is 11.8 Å². The quantitative estimate of drug-likeness (QED) is 0.913. The number of ether oxygens (including phenoxy) is 1. The Hall–Kier alpha value is -2.38. The summed E-state index contributed by atoms with van der Waals surface area (Å²) < 4.78 is 6.69. The van der Waals surface area contributed by atoms with E-state index < -0.39 is 0 Å². The van der Waals surface area contributed by atoms with Gasteiger partial charge >= 0.3 is 6.09 Å². The zero-order valence-electron chi connectivity index (χ0n) is 12.8. The molecule has 1 atom stereocenters. The molecule has 0 aliphatic carbocycles. The van der Waals surface area contributed by atoms with E-state index in [9.17, 15) is 4.79 Å². The molecule has 1 amide bonds. The first kappa shape index (κ1) is 14.6.